The zero-order chi connectivity index (χ0) is 13.2. The summed E-state index contributed by atoms with van der Waals surface area (Å²) in [4.78, 5) is 0. The molecule has 1 fully saturated rings. The number of benzene rings is 1. The average Bonchev–Trinajstić information content (AvgIpc) is 2.77. The van der Waals surface area contributed by atoms with Gasteiger partial charge in [-0.2, -0.15) is 0 Å². The van der Waals surface area contributed by atoms with E-state index in [9.17, 15) is 5.11 Å². The van der Waals surface area contributed by atoms with Crippen LogP contribution >= 0.6 is 8.07 Å². The van der Waals surface area contributed by atoms with Crippen molar-refractivity contribution in [3.8, 4) is 0 Å². The first-order chi connectivity index (χ1) is 8.54. The van der Waals surface area contributed by atoms with E-state index in [1.54, 1.807) is 0 Å². The Bertz CT molecular complexity index is 379. The smallest absolute Gasteiger partial charge is 0.853 e. The second-order valence-corrected chi connectivity index (χ2v) is 8.94. The van der Waals surface area contributed by atoms with Crippen LogP contribution in [0.4, 0.5) is 0 Å². The molecule has 0 aliphatic carbocycles. The summed E-state index contributed by atoms with van der Waals surface area (Å²) in [6.07, 6.45) is 2.25. The van der Waals surface area contributed by atoms with E-state index >= 15 is 0 Å². The molecule has 0 spiro atoms. The molecule has 1 aliphatic rings. The SMILES string of the molecule is CC(C)(C)P(c1ccccc1)N1CCC[C@H]1C[O-].[Li+]. The molecule has 1 heterocycles. The van der Waals surface area contributed by atoms with Crippen LogP contribution in [-0.2, 0) is 0 Å². The second-order valence-electron chi connectivity index (χ2n) is 5.94. The summed E-state index contributed by atoms with van der Waals surface area (Å²) < 4.78 is 2.50. The molecule has 1 aromatic carbocycles. The van der Waals surface area contributed by atoms with Crippen molar-refractivity contribution in [1.29, 1.82) is 0 Å². The van der Waals surface area contributed by atoms with Gasteiger partial charge in [-0.25, -0.2) is 0 Å². The molecule has 0 saturated carbocycles. The number of hydrogen-bond acceptors (Lipinski definition) is 2. The zero-order valence-corrected chi connectivity index (χ0v) is 13.5. The van der Waals surface area contributed by atoms with Crippen LogP contribution in [0.1, 0.15) is 33.6 Å². The molecule has 4 heteroatoms. The van der Waals surface area contributed by atoms with E-state index in [4.69, 9.17) is 0 Å². The van der Waals surface area contributed by atoms with Gasteiger partial charge in [0.15, 0.2) is 0 Å². The van der Waals surface area contributed by atoms with Gasteiger partial charge in [-0.05, 0) is 29.3 Å². The van der Waals surface area contributed by atoms with Crippen molar-refractivity contribution in [2.24, 2.45) is 0 Å². The summed E-state index contributed by atoms with van der Waals surface area (Å²) in [5.41, 5.74) is 0. The Morgan fingerprint density at radius 3 is 2.42 bits per heavy atom. The normalized spacial score (nSPS) is 22.0. The van der Waals surface area contributed by atoms with Crippen molar-refractivity contribution in [3.05, 3.63) is 30.3 Å². The van der Waals surface area contributed by atoms with Crippen molar-refractivity contribution in [2.45, 2.75) is 44.8 Å². The fraction of sp³-hybridized carbons (Fsp3) is 0.600. The third kappa shape index (κ3) is 4.07. The summed E-state index contributed by atoms with van der Waals surface area (Å²) in [6.45, 7) is 8.02. The van der Waals surface area contributed by atoms with E-state index in [0.29, 0.717) is 0 Å². The molecule has 0 aromatic heterocycles. The van der Waals surface area contributed by atoms with E-state index in [0.717, 1.165) is 13.0 Å². The third-order valence-electron chi connectivity index (χ3n) is 3.43. The van der Waals surface area contributed by atoms with Gasteiger partial charge in [0.25, 0.3) is 0 Å². The molecule has 0 bridgehead atoms. The topological polar surface area (TPSA) is 26.3 Å². The van der Waals surface area contributed by atoms with E-state index < -0.39 is 8.07 Å². The minimum atomic E-state index is -0.410. The van der Waals surface area contributed by atoms with E-state index in [-0.39, 0.29) is 36.7 Å². The molecule has 100 valence electrons. The van der Waals surface area contributed by atoms with Crippen LogP contribution in [0, 0.1) is 0 Å². The second kappa shape index (κ2) is 7.25. The van der Waals surface area contributed by atoms with Crippen molar-refractivity contribution >= 4 is 13.4 Å². The van der Waals surface area contributed by atoms with Crippen molar-refractivity contribution < 1.29 is 24.0 Å². The molecule has 19 heavy (non-hydrogen) atoms. The summed E-state index contributed by atoms with van der Waals surface area (Å²) >= 11 is 0. The Balaban J connectivity index is 0.00000180. The molecule has 0 N–H and O–H groups in total. The summed E-state index contributed by atoms with van der Waals surface area (Å²) in [6, 6.07) is 11.0. The van der Waals surface area contributed by atoms with Gasteiger partial charge in [0, 0.05) is 14.6 Å². The Hall–Kier alpha value is 0.167. The quantitative estimate of drug-likeness (QED) is 0.539. The van der Waals surface area contributed by atoms with Gasteiger partial charge < -0.3 is 5.11 Å². The van der Waals surface area contributed by atoms with Gasteiger partial charge in [0.05, 0.1) is 0 Å². The molecule has 1 aliphatic heterocycles. The van der Waals surface area contributed by atoms with E-state index in [2.05, 4.69) is 55.8 Å². The number of hydrogen-bond donors (Lipinski definition) is 0. The Morgan fingerprint density at radius 2 is 1.89 bits per heavy atom. The summed E-state index contributed by atoms with van der Waals surface area (Å²) in [5, 5.41) is 13.0. The molecular weight excluding hydrogens is 248 g/mol. The van der Waals surface area contributed by atoms with Gasteiger partial charge in [0.1, 0.15) is 0 Å². The van der Waals surface area contributed by atoms with Crippen LogP contribution in [0.25, 0.3) is 0 Å². The van der Waals surface area contributed by atoms with Crippen LogP contribution in [-0.4, -0.2) is 29.0 Å². The monoisotopic (exact) mass is 271 g/mol. The van der Waals surface area contributed by atoms with Gasteiger partial charge in [-0.1, -0.05) is 51.1 Å². The van der Waals surface area contributed by atoms with Crippen LogP contribution in [0.15, 0.2) is 30.3 Å². The van der Waals surface area contributed by atoms with Gasteiger partial charge in [-0.15, -0.1) is 6.61 Å². The molecule has 2 atom stereocenters. The van der Waals surface area contributed by atoms with E-state index in [1.807, 2.05) is 0 Å². The number of rotatable bonds is 3. The summed E-state index contributed by atoms with van der Waals surface area (Å²) in [7, 11) is -0.410. The maximum atomic E-state index is 11.4. The predicted octanol–water partition coefficient (Wildman–Crippen LogP) is -0.664. The van der Waals surface area contributed by atoms with Crippen molar-refractivity contribution in [3.63, 3.8) is 0 Å². The molecule has 1 saturated heterocycles. The summed E-state index contributed by atoms with van der Waals surface area (Å²) in [5.74, 6) is 0. The van der Waals surface area contributed by atoms with Crippen LogP contribution < -0.4 is 29.3 Å². The van der Waals surface area contributed by atoms with Gasteiger partial charge >= 0.3 is 18.9 Å². The molecule has 1 aromatic rings. The average molecular weight is 271 g/mol. The zero-order valence-electron chi connectivity index (χ0n) is 12.6. The minimum absolute atomic E-state index is 0. The Labute approximate surface area is 130 Å². The molecular formula is C15H23LiNOP. The van der Waals surface area contributed by atoms with Crippen LogP contribution in [0.3, 0.4) is 0 Å². The number of nitrogens with zero attached hydrogens (tertiary/aromatic N) is 1. The molecule has 1 unspecified atom stereocenters. The van der Waals surface area contributed by atoms with Crippen LogP contribution in [0.2, 0.25) is 0 Å². The Morgan fingerprint density at radius 1 is 1.26 bits per heavy atom. The minimum Gasteiger partial charge on any atom is -0.853 e. The first kappa shape index (κ1) is 17.2. The molecule has 2 nitrogen and oxygen atoms in total. The molecule has 2 rings (SSSR count). The standard InChI is InChI=1S/C15H23NOP.Li/c1-15(2,3)18(14-9-5-4-6-10-14)16-11-7-8-13(16)12-17;/h4-6,9-10,13H,7-8,11-12H2,1-3H3;/q-1;+1/t13-,18?;/m0./s1. The van der Waals surface area contributed by atoms with Crippen molar-refractivity contribution in [2.75, 3.05) is 13.2 Å². The maximum absolute atomic E-state index is 11.4. The first-order valence-electron chi connectivity index (χ1n) is 6.74. The largest absolute Gasteiger partial charge is 1.00 e. The van der Waals surface area contributed by atoms with Crippen LogP contribution in [0.5, 0.6) is 0 Å². The maximum Gasteiger partial charge on any atom is 1.00 e. The van der Waals surface area contributed by atoms with E-state index in [1.165, 1.54) is 11.7 Å². The molecule has 0 radical (unpaired) electrons. The Kier molecular flexibility index (Phi) is 6.57. The fourth-order valence-corrected chi connectivity index (χ4v) is 5.89. The van der Waals surface area contributed by atoms with Crippen molar-refractivity contribution in [1.82, 2.24) is 4.67 Å². The van der Waals surface area contributed by atoms with Gasteiger partial charge in [0.2, 0.25) is 0 Å². The van der Waals surface area contributed by atoms with Gasteiger partial charge in [-0.3, -0.25) is 4.67 Å². The first-order valence-corrected chi connectivity index (χ1v) is 8.03. The third-order valence-corrected chi connectivity index (χ3v) is 6.53. The fourth-order valence-electron chi connectivity index (χ4n) is 2.74. The molecule has 0 amide bonds. The predicted molar refractivity (Wildman–Crippen MR) is 77.3 cm³/mol.